The topological polar surface area (TPSA) is 186 Å². The maximum atomic E-state index is 13.5. The van der Waals surface area contributed by atoms with Crippen molar-refractivity contribution in [1.29, 1.82) is 0 Å². The number of halogens is 3. The molecule has 2 aromatic heterocycles. The number of rotatable bonds is 10. The second-order valence-corrected chi connectivity index (χ2v) is 8.82. The number of aliphatic carboxylic acids is 1. The van der Waals surface area contributed by atoms with Gasteiger partial charge in [-0.15, -0.1) is 0 Å². The van der Waals surface area contributed by atoms with Crippen LogP contribution in [0, 0.1) is 17.5 Å². The molecule has 1 aliphatic rings. The van der Waals surface area contributed by atoms with Gasteiger partial charge in [-0.1, -0.05) is 12.2 Å². The van der Waals surface area contributed by atoms with Gasteiger partial charge in [0, 0.05) is 19.6 Å². The summed E-state index contributed by atoms with van der Waals surface area (Å²) in [7, 11) is 0. The molecule has 3 heterocycles. The van der Waals surface area contributed by atoms with Crippen LogP contribution in [0.3, 0.4) is 0 Å². The fraction of sp³-hybridized carbons (Fsp3) is 0.391. The van der Waals surface area contributed by atoms with Crippen molar-refractivity contribution in [2.75, 3.05) is 25.4 Å². The van der Waals surface area contributed by atoms with Gasteiger partial charge in [0.05, 0.1) is 6.33 Å². The molecule has 0 unspecified atom stereocenters. The number of benzene rings is 1. The Bertz CT molecular complexity index is 1320. The minimum absolute atomic E-state index is 0.0291. The summed E-state index contributed by atoms with van der Waals surface area (Å²) in [6.07, 6.45) is 0.821. The molecule has 1 aliphatic heterocycles. The Labute approximate surface area is 214 Å². The molecule has 7 N–H and O–H groups in total. The molecule has 12 nitrogen and oxygen atoms in total. The van der Waals surface area contributed by atoms with Crippen molar-refractivity contribution in [3.05, 3.63) is 53.9 Å². The van der Waals surface area contributed by atoms with E-state index in [0.29, 0.717) is 11.2 Å². The summed E-state index contributed by atoms with van der Waals surface area (Å²) in [5.41, 5.74) is 12.1. The highest BCUT2D eigenvalue weighted by molar-refractivity contribution is 5.81. The number of anilines is 1. The number of nitrogen functional groups attached to an aromatic ring is 1. The lowest BCUT2D eigenvalue weighted by Gasteiger charge is -2.26. The Morgan fingerprint density at radius 3 is 2.58 bits per heavy atom. The molecule has 0 saturated carbocycles. The van der Waals surface area contributed by atoms with Crippen molar-refractivity contribution in [1.82, 2.24) is 24.4 Å². The average molecular weight is 537 g/mol. The first kappa shape index (κ1) is 27.4. The first-order valence-electron chi connectivity index (χ1n) is 11.5. The Balaban J connectivity index is 1.50. The fourth-order valence-electron chi connectivity index (χ4n) is 4.13. The highest BCUT2D eigenvalue weighted by atomic mass is 19.2. The fourth-order valence-corrected chi connectivity index (χ4v) is 4.13. The van der Waals surface area contributed by atoms with E-state index in [-0.39, 0.29) is 37.4 Å². The van der Waals surface area contributed by atoms with Crippen molar-refractivity contribution in [2.45, 2.75) is 37.0 Å². The first-order chi connectivity index (χ1) is 18.1. The second-order valence-electron chi connectivity index (χ2n) is 8.82. The van der Waals surface area contributed by atoms with Gasteiger partial charge in [-0.3, -0.25) is 14.3 Å². The number of nitrogens with zero attached hydrogens (tertiary/aromatic N) is 5. The lowest BCUT2D eigenvalue weighted by atomic mass is 10.1. The molecule has 1 aromatic carbocycles. The van der Waals surface area contributed by atoms with E-state index < -0.39 is 54.0 Å². The summed E-state index contributed by atoms with van der Waals surface area (Å²) < 4.78 is 47.6. The first-order valence-corrected chi connectivity index (χ1v) is 11.5. The van der Waals surface area contributed by atoms with Gasteiger partial charge in [-0.05, 0) is 24.1 Å². The van der Waals surface area contributed by atoms with E-state index in [1.54, 1.807) is 4.90 Å². The van der Waals surface area contributed by atoms with Crippen LogP contribution >= 0.6 is 0 Å². The number of aliphatic hydroxyl groups excluding tert-OH is 2. The third kappa shape index (κ3) is 5.76. The molecule has 0 aliphatic carbocycles. The molecule has 0 amide bonds. The van der Waals surface area contributed by atoms with E-state index >= 15 is 0 Å². The van der Waals surface area contributed by atoms with E-state index in [1.807, 2.05) is 0 Å². The van der Waals surface area contributed by atoms with Crippen molar-refractivity contribution >= 4 is 29.0 Å². The predicted molar refractivity (Wildman–Crippen MR) is 128 cm³/mol. The Kier molecular flexibility index (Phi) is 8.23. The molecule has 3 aromatic rings. The summed E-state index contributed by atoms with van der Waals surface area (Å²) in [5, 5.41) is 30.5. The van der Waals surface area contributed by atoms with Crippen molar-refractivity contribution < 1.29 is 38.0 Å². The third-order valence-electron chi connectivity index (χ3n) is 6.19. The van der Waals surface area contributed by atoms with Crippen LogP contribution in [0.1, 0.15) is 18.2 Å². The zero-order valence-corrected chi connectivity index (χ0v) is 19.9. The standard InChI is InChI=1S/C23H26F3N7O5/c24-12-6-11(7-13(25)16(12)26)2-1-4-32(5-3-14(27)23(36)37)8-15-18(34)19(35)22(38-15)33-10-31-17-20(28)29-9-30-21(17)33/h1-2,6-7,9-10,14-15,18-19,22,34-35H,3-5,8,27H2,(H,36,37)(H2,28,29,30)/b2-1+/t14-,15+,18+,19+,22+/m0/s1. The maximum absolute atomic E-state index is 13.5. The van der Waals surface area contributed by atoms with Crippen LogP contribution < -0.4 is 11.5 Å². The number of aliphatic hydroxyl groups is 2. The number of imidazole rings is 1. The van der Waals surface area contributed by atoms with Crippen LogP contribution in [-0.4, -0.2) is 89.7 Å². The van der Waals surface area contributed by atoms with Crippen LogP contribution in [0.15, 0.2) is 30.9 Å². The number of carboxylic acid groups (broad SMARTS) is 1. The van der Waals surface area contributed by atoms with Gasteiger partial charge in [0.2, 0.25) is 0 Å². The molecule has 0 bridgehead atoms. The van der Waals surface area contributed by atoms with Crippen LogP contribution in [0.2, 0.25) is 0 Å². The Hall–Kier alpha value is -3.63. The van der Waals surface area contributed by atoms with E-state index in [9.17, 15) is 28.2 Å². The number of ether oxygens (including phenoxy) is 1. The molecular weight excluding hydrogens is 511 g/mol. The molecular formula is C23H26F3N7O5. The van der Waals surface area contributed by atoms with E-state index in [2.05, 4.69) is 15.0 Å². The summed E-state index contributed by atoms with van der Waals surface area (Å²) in [4.78, 5) is 25.0. The smallest absolute Gasteiger partial charge is 0.320 e. The third-order valence-corrected chi connectivity index (χ3v) is 6.19. The van der Waals surface area contributed by atoms with E-state index in [4.69, 9.17) is 21.3 Å². The number of carbonyl (C=O) groups is 1. The van der Waals surface area contributed by atoms with Gasteiger partial charge in [0.15, 0.2) is 35.1 Å². The van der Waals surface area contributed by atoms with Crippen LogP contribution in [0.4, 0.5) is 19.0 Å². The van der Waals surface area contributed by atoms with Crippen LogP contribution in [0.5, 0.6) is 0 Å². The van der Waals surface area contributed by atoms with E-state index in [1.165, 1.54) is 29.4 Å². The highest BCUT2D eigenvalue weighted by Crippen LogP contribution is 2.32. The lowest BCUT2D eigenvalue weighted by molar-refractivity contribution is -0.138. The van der Waals surface area contributed by atoms with Gasteiger partial charge in [0.25, 0.3) is 0 Å². The lowest BCUT2D eigenvalue weighted by Crippen LogP contribution is -2.42. The molecule has 204 valence electrons. The van der Waals surface area contributed by atoms with Crippen LogP contribution in [-0.2, 0) is 9.53 Å². The van der Waals surface area contributed by atoms with Gasteiger partial charge in [0.1, 0.15) is 36.2 Å². The van der Waals surface area contributed by atoms with Crippen molar-refractivity contribution in [3.8, 4) is 0 Å². The summed E-state index contributed by atoms with van der Waals surface area (Å²) in [5.74, 6) is -5.32. The number of hydrogen-bond acceptors (Lipinski definition) is 10. The van der Waals surface area contributed by atoms with Crippen molar-refractivity contribution in [2.24, 2.45) is 5.73 Å². The number of hydrogen-bond donors (Lipinski definition) is 5. The number of carboxylic acids is 1. The SMILES string of the molecule is Nc1ncnc2c1ncn2[C@@H]1O[C@H](CN(C/C=C/c2cc(F)c(F)c(F)c2)CC[C@H](N)C(=O)O)[C@@H](O)[C@H]1O. The Morgan fingerprint density at radius 1 is 1.18 bits per heavy atom. The zero-order valence-electron chi connectivity index (χ0n) is 19.9. The minimum atomic E-state index is -1.58. The van der Waals surface area contributed by atoms with Gasteiger partial charge in [-0.25, -0.2) is 28.1 Å². The molecule has 5 atom stereocenters. The average Bonchev–Trinajstić information content (AvgIpc) is 3.42. The number of aromatic nitrogens is 4. The van der Waals surface area contributed by atoms with Gasteiger partial charge >= 0.3 is 5.97 Å². The molecule has 0 spiro atoms. The molecule has 0 radical (unpaired) electrons. The largest absolute Gasteiger partial charge is 0.480 e. The summed E-state index contributed by atoms with van der Waals surface area (Å²) in [6.45, 7) is 0.300. The predicted octanol–water partition coefficient (Wildman–Crippen LogP) is 0.262. The normalized spacial score (nSPS) is 22.6. The van der Waals surface area contributed by atoms with Gasteiger partial charge in [-0.2, -0.15) is 0 Å². The van der Waals surface area contributed by atoms with Crippen LogP contribution in [0.25, 0.3) is 17.2 Å². The Morgan fingerprint density at radius 2 is 1.89 bits per heavy atom. The second kappa shape index (κ2) is 11.4. The number of nitrogens with two attached hydrogens (primary N) is 2. The molecule has 15 heteroatoms. The number of fused-ring (bicyclic) bond motifs is 1. The summed E-state index contributed by atoms with van der Waals surface area (Å²) >= 11 is 0. The van der Waals surface area contributed by atoms with Crippen molar-refractivity contribution in [3.63, 3.8) is 0 Å². The molecule has 1 fully saturated rings. The maximum Gasteiger partial charge on any atom is 0.320 e. The highest BCUT2D eigenvalue weighted by Gasteiger charge is 2.44. The quantitative estimate of drug-likeness (QED) is 0.223. The molecule has 4 rings (SSSR count). The molecule has 1 saturated heterocycles. The monoisotopic (exact) mass is 537 g/mol. The minimum Gasteiger partial charge on any atom is -0.480 e. The van der Waals surface area contributed by atoms with Gasteiger partial charge < -0.3 is 31.5 Å². The van der Waals surface area contributed by atoms with E-state index in [0.717, 1.165) is 12.1 Å². The molecule has 38 heavy (non-hydrogen) atoms. The zero-order chi connectivity index (χ0) is 27.6. The summed E-state index contributed by atoms with van der Waals surface area (Å²) in [6, 6.07) is 0.503.